The lowest BCUT2D eigenvalue weighted by molar-refractivity contribution is -0.119. The fourth-order valence-corrected chi connectivity index (χ4v) is 2.58. The molecule has 1 aliphatic carbocycles. The molecule has 1 saturated carbocycles. The zero-order valence-electron chi connectivity index (χ0n) is 13.0. The van der Waals surface area contributed by atoms with Crippen molar-refractivity contribution in [2.24, 2.45) is 5.92 Å². The lowest BCUT2D eigenvalue weighted by atomic mass is 10.1. The molecule has 21 heavy (non-hydrogen) atoms. The van der Waals surface area contributed by atoms with Crippen molar-refractivity contribution in [1.29, 1.82) is 0 Å². The molecule has 4 nitrogen and oxygen atoms in total. The maximum absolute atomic E-state index is 12.1. The van der Waals surface area contributed by atoms with Crippen LogP contribution in [0.2, 0.25) is 0 Å². The van der Waals surface area contributed by atoms with Gasteiger partial charge in [-0.2, -0.15) is 0 Å². The summed E-state index contributed by atoms with van der Waals surface area (Å²) in [5.74, 6) is 0.0670. The Morgan fingerprint density at radius 1 is 1.14 bits per heavy atom. The largest absolute Gasteiger partial charge is 0.347 e. The molecule has 1 aromatic carbocycles. The molecule has 1 aliphatic rings. The average Bonchev–Trinajstić information content (AvgIpc) is 2.91. The van der Waals surface area contributed by atoms with E-state index in [-0.39, 0.29) is 23.3 Å². The lowest BCUT2D eigenvalue weighted by Crippen LogP contribution is -2.40. The van der Waals surface area contributed by atoms with Gasteiger partial charge in [0.25, 0.3) is 5.91 Å². The van der Waals surface area contributed by atoms with Gasteiger partial charge in [0.15, 0.2) is 0 Å². The predicted octanol–water partition coefficient (Wildman–Crippen LogP) is 3.34. The second kappa shape index (κ2) is 6.29. The van der Waals surface area contributed by atoms with E-state index in [4.69, 9.17) is 0 Å². The number of nitrogens with one attached hydrogen (secondary N) is 2. The molecular weight excluding hydrogens is 264 g/mol. The van der Waals surface area contributed by atoms with Crippen molar-refractivity contribution < 1.29 is 9.59 Å². The molecular formula is C17H24N2O2. The fraction of sp³-hybridized carbons (Fsp3) is 0.529. The van der Waals surface area contributed by atoms with Crippen LogP contribution in [0.3, 0.4) is 0 Å². The minimum atomic E-state index is -0.278. The molecule has 0 bridgehead atoms. The molecule has 0 heterocycles. The van der Waals surface area contributed by atoms with Gasteiger partial charge in [0.05, 0.1) is 0 Å². The monoisotopic (exact) mass is 288 g/mol. The Morgan fingerprint density at radius 2 is 1.81 bits per heavy atom. The van der Waals surface area contributed by atoms with E-state index in [1.165, 1.54) is 0 Å². The van der Waals surface area contributed by atoms with Gasteiger partial charge < -0.3 is 10.6 Å². The van der Waals surface area contributed by atoms with Crippen LogP contribution in [0, 0.1) is 5.92 Å². The maximum Gasteiger partial charge on any atom is 0.251 e. The first-order chi connectivity index (χ1) is 9.85. The zero-order valence-corrected chi connectivity index (χ0v) is 13.0. The van der Waals surface area contributed by atoms with Crippen molar-refractivity contribution >= 4 is 17.5 Å². The Kier molecular flexibility index (Phi) is 4.66. The number of amides is 2. The Hall–Kier alpha value is -1.84. The summed E-state index contributed by atoms with van der Waals surface area (Å²) in [7, 11) is 0. The van der Waals surface area contributed by atoms with Gasteiger partial charge in [-0.15, -0.1) is 0 Å². The van der Waals surface area contributed by atoms with Gasteiger partial charge in [-0.25, -0.2) is 0 Å². The maximum atomic E-state index is 12.1. The molecule has 0 spiro atoms. The molecule has 0 aliphatic heterocycles. The van der Waals surface area contributed by atoms with Crippen molar-refractivity contribution in [2.45, 2.75) is 52.0 Å². The van der Waals surface area contributed by atoms with E-state index in [0.29, 0.717) is 11.3 Å². The summed E-state index contributed by atoms with van der Waals surface area (Å²) in [6.07, 6.45) is 4.20. The summed E-state index contributed by atoms with van der Waals surface area (Å²) in [4.78, 5) is 24.2. The van der Waals surface area contributed by atoms with Crippen LogP contribution in [-0.2, 0) is 4.79 Å². The number of anilines is 1. The molecule has 0 aromatic heterocycles. The highest BCUT2D eigenvalue weighted by molar-refractivity contribution is 5.98. The quantitative estimate of drug-likeness (QED) is 0.896. The van der Waals surface area contributed by atoms with Crippen LogP contribution >= 0.6 is 0 Å². The van der Waals surface area contributed by atoms with Gasteiger partial charge in [0.2, 0.25) is 5.91 Å². The number of hydrogen-bond donors (Lipinski definition) is 2. The van der Waals surface area contributed by atoms with Gasteiger partial charge in [-0.3, -0.25) is 9.59 Å². The zero-order chi connectivity index (χ0) is 15.5. The van der Waals surface area contributed by atoms with Gasteiger partial charge in [-0.05, 0) is 51.8 Å². The molecule has 1 fully saturated rings. The Morgan fingerprint density at radius 3 is 2.43 bits per heavy atom. The highest BCUT2D eigenvalue weighted by atomic mass is 16.2. The van der Waals surface area contributed by atoms with Crippen LogP contribution in [0.25, 0.3) is 0 Å². The van der Waals surface area contributed by atoms with Crippen LogP contribution < -0.4 is 10.6 Å². The summed E-state index contributed by atoms with van der Waals surface area (Å²) in [6, 6.07) is 7.10. The van der Waals surface area contributed by atoms with Crippen LogP contribution in [0.4, 0.5) is 5.69 Å². The fourth-order valence-electron chi connectivity index (χ4n) is 2.58. The molecule has 0 saturated heterocycles. The van der Waals surface area contributed by atoms with E-state index in [1.54, 1.807) is 18.2 Å². The van der Waals surface area contributed by atoms with Crippen LogP contribution in [0.5, 0.6) is 0 Å². The minimum Gasteiger partial charge on any atom is -0.347 e. The molecule has 0 radical (unpaired) electrons. The SMILES string of the molecule is CC(C)(C)NC(=O)c1cccc(NC(=O)C2CCCC2)c1. The highest BCUT2D eigenvalue weighted by Gasteiger charge is 2.23. The Labute approximate surface area is 126 Å². The molecule has 114 valence electrons. The second-order valence-corrected chi connectivity index (χ2v) is 6.76. The standard InChI is InChI=1S/C17H24N2O2/c1-17(2,3)19-16(21)13-9-6-10-14(11-13)18-15(20)12-7-4-5-8-12/h6,9-12H,4-5,7-8H2,1-3H3,(H,18,20)(H,19,21). The van der Waals surface area contributed by atoms with Gasteiger partial charge >= 0.3 is 0 Å². The smallest absolute Gasteiger partial charge is 0.251 e. The lowest BCUT2D eigenvalue weighted by Gasteiger charge is -2.20. The van der Waals surface area contributed by atoms with E-state index in [1.807, 2.05) is 26.8 Å². The molecule has 2 amide bonds. The summed E-state index contributed by atoms with van der Waals surface area (Å²) in [6.45, 7) is 5.82. The van der Waals surface area contributed by atoms with E-state index in [0.717, 1.165) is 25.7 Å². The number of hydrogen-bond acceptors (Lipinski definition) is 2. The van der Waals surface area contributed by atoms with Crippen molar-refractivity contribution in [1.82, 2.24) is 5.32 Å². The van der Waals surface area contributed by atoms with Crippen molar-refractivity contribution in [3.63, 3.8) is 0 Å². The van der Waals surface area contributed by atoms with E-state index < -0.39 is 0 Å². The molecule has 2 N–H and O–H groups in total. The first kappa shape index (κ1) is 15.5. The Bertz CT molecular complexity index is 526. The average molecular weight is 288 g/mol. The van der Waals surface area contributed by atoms with Crippen LogP contribution in [0.15, 0.2) is 24.3 Å². The highest BCUT2D eigenvalue weighted by Crippen LogP contribution is 2.26. The van der Waals surface area contributed by atoms with Gasteiger partial charge in [-0.1, -0.05) is 18.9 Å². The number of benzene rings is 1. The number of carbonyl (C=O) groups is 2. The van der Waals surface area contributed by atoms with Crippen molar-refractivity contribution in [2.75, 3.05) is 5.32 Å². The summed E-state index contributed by atoms with van der Waals surface area (Å²) >= 11 is 0. The third-order valence-electron chi connectivity index (χ3n) is 3.61. The minimum absolute atomic E-state index is 0.0703. The normalized spacial score (nSPS) is 15.8. The molecule has 0 atom stereocenters. The summed E-state index contributed by atoms with van der Waals surface area (Å²) in [5, 5.41) is 5.84. The summed E-state index contributed by atoms with van der Waals surface area (Å²) < 4.78 is 0. The number of carbonyl (C=O) groups excluding carboxylic acids is 2. The molecule has 4 heteroatoms. The second-order valence-electron chi connectivity index (χ2n) is 6.76. The molecule has 2 rings (SSSR count). The van der Waals surface area contributed by atoms with Crippen LogP contribution in [0.1, 0.15) is 56.8 Å². The first-order valence-corrected chi connectivity index (χ1v) is 7.58. The first-order valence-electron chi connectivity index (χ1n) is 7.58. The third kappa shape index (κ3) is 4.59. The third-order valence-corrected chi connectivity index (χ3v) is 3.61. The topological polar surface area (TPSA) is 58.2 Å². The van der Waals surface area contributed by atoms with Crippen molar-refractivity contribution in [3.05, 3.63) is 29.8 Å². The van der Waals surface area contributed by atoms with Crippen LogP contribution in [-0.4, -0.2) is 17.4 Å². The van der Waals surface area contributed by atoms with Crippen molar-refractivity contribution in [3.8, 4) is 0 Å². The Balaban J connectivity index is 2.03. The molecule has 1 aromatic rings. The van der Waals surface area contributed by atoms with E-state index in [2.05, 4.69) is 10.6 Å². The predicted molar refractivity (Wildman–Crippen MR) is 84.2 cm³/mol. The van der Waals surface area contributed by atoms with E-state index >= 15 is 0 Å². The van der Waals surface area contributed by atoms with E-state index in [9.17, 15) is 9.59 Å². The van der Waals surface area contributed by atoms with Gasteiger partial charge in [0.1, 0.15) is 0 Å². The summed E-state index contributed by atoms with van der Waals surface area (Å²) in [5.41, 5.74) is 0.975. The molecule has 0 unspecified atom stereocenters. The van der Waals surface area contributed by atoms with Gasteiger partial charge in [0, 0.05) is 22.7 Å². The number of rotatable bonds is 3.